The second-order valence-electron chi connectivity index (χ2n) is 3.87. The van der Waals surface area contributed by atoms with Gasteiger partial charge in [-0.15, -0.1) is 0 Å². The summed E-state index contributed by atoms with van der Waals surface area (Å²) < 4.78 is 30.6. The molecular weight excluding hydrogens is 230 g/mol. The maximum Gasteiger partial charge on any atom is 0.212 e. The average molecular weight is 251 g/mol. The van der Waals surface area contributed by atoms with Crippen molar-refractivity contribution < 1.29 is 13.2 Å². The monoisotopic (exact) mass is 251 g/mol. The van der Waals surface area contributed by atoms with E-state index in [1.807, 2.05) is 0 Å². The summed E-state index contributed by atoms with van der Waals surface area (Å²) in [6.45, 7) is 3.77. The van der Waals surface area contributed by atoms with Gasteiger partial charge in [0.1, 0.15) is 5.84 Å². The van der Waals surface area contributed by atoms with Gasteiger partial charge in [0.15, 0.2) is 0 Å². The maximum absolute atomic E-state index is 11.7. The highest BCUT2D eigenvalue weighted by atomic mass is 32.2. The Morgan fingerprint density at radius 2 is 2.12 bits per heavy atom. The van der Waals surface area contributed by atoms with E-state index in [-0.39, 0.29) is 11.6 Å². The summed E-state index contributed by atoms with van der Waals surface area (Å²) >= 11 is 0. The molecule has 0 saturated heterocycles. The molecular formula is C9H21N3O3S. The standard InChI is InChI=1S/C9H21N3O3S/c1-4-9(2,8(10)11)12-16(13,14)7-5-6-15-3/h12H,4-7H2,1-3H3,(H3,10,11). The second kappa shape index (κ2) is 6.17. The molecule has 0 aliphatic rings. The first kappa shape index (κ1) is 15.3. The third-order valence-corrected chi connectivity index (χ3v) is 4.03. The van der Waals surface area contributed by atoms with Gasteiger partial charge in [-0.1, -0.05) is 6.92 Å². The van der Waals surface area contributed by atoms with E-state index in [4.69, 9.17) is 15.9 Å². The fourth-order valence-corrected chi connectivity index (χ4v) is 2.65. The number of hydrogen-bond donors (Lipinski definition) is 3. The van der Waals surface area contributed by atoms with E-state index in [0.29, 0.717) is 19.4 Å². The van der Waals surface area contributed by atoms with Crippen LogP contribution in [0.4, 0.5) is 0 Å². The van der Waals surface area contributed by atoms with E-state index in [1.54, 1.807) is 13.8 Å². The third-order valence-electron chi connectivity index (χ3n) is 2.44. The van der Waals surface area contributed by atoms with Crippen molar-refractivity contribution in [3.63, 3.8) is 0 Å². The lowest BCUT2D eigenvalue weighted by Gasteiger charge is -2.27. The van der Waals surface area contributed by atoms with Gasteiger partial charge < -0.3 is 10.5 Å². The normalized spacial score (nSPS) is 15.7. The van der Waals surface area contributed by atoms with E-state index in [2.05, 4.69) is 4.72 Å². The molecule has 1 unspecified atom stereocenters. The Kier molecular flexibility index (Phi) is 5.91. The van der Waals surface area contributed by atoms with Crippen molar-refractivity contribution in [2.45, 2.75) is 32.2 Å². The molecule has 0 bridgehead atoms. The molecule has 96 valence electrons. The second-order valence-corrected chi connectivity index (χ2v) is 5.71. The summed E-state index contributed by atoms with van der Waals surface area (Å²) in [5, 5.41) is 7.37. The number of nitrogens with two attached hydrogens (primary N) is 1. The van der Waals surface area contributed by atoms with Gasteiger partial charge in [0.25, 0.3) is 0 Å². The van der Waals surface area contributed by atoms with Gasteiger partial charge in [-0.2, -0.15) is 0 Å². The minimum absolute atomic E-state index is 0.0241. The van der Waals surface area contributed by atoms with Crippen LogP contribution in [-0.4, -0.2) is 39.3 Å². The van der Waals surface area contributed by atoms with Crippen LogP contribution >= 0.6 is 0 Å². The van der Waals surface area contributed by atoms with Gasteiger partial charge in [-0.05, 0) is 19.8 Å². The van der Waals surface area contributed by atoms with Crippen molar-refractivity contribution in [1.82, 2.24) is 4.72 Å². The molecule has 0 aromatic rings. The van der Waals surface area contributed by atoms with Gasteiger partial charge in [0.05, 0.1) is 11.3 Å². The van der Waals surface area contributed by atoms with Crippen molar-refractivity contribution in [1.29, 1.82) is 5.41 Å². The first-order valence-corrected chi connectivity index (χ1v) is 6.77. The van der Waals surface area contributed by atoms with Gasteiger partial charge >= 0.3 is 0 Å². The minimum atomic E-state index is -3.42. The first-order valence-electron chi connectivity index (χ1n) is 5.12. The van der Waals surface area contributed by atoms with Crippen LogP contribution in [0.3, 0.4) is 0 Å². The van der Waals surface area contributed by atoms with Crippen LogP contribution < -0.4 is 10.5 Å². The number of rotatable bonds is 8. The van der Waals surface area contributed by atoms with Gasteiger partial charge in [0, 0.05) is 13.7 Å². The Bertz CT molecular complexity index is 329. The van der Waals surface area contributed by atoms with E-state index >= 15 is 0 Å². The Balaban J connectivity index is 4.50. The zero-order valence-electron chi connectivity index (χ0n) is 10.0. The molecule has 0 aliphatic carbocycles. The van der Waals surface area contributed by atoms with Crippen LogP contribution in [0.25, 0.3) is 0 Å². The van der Waals surface area contributed by atoms with Crippen LogP contribution in [0.2, 0.25) is 0 Å². The quantitative estimate of drug-likeness (QED) is 0.322. The predicted molar refractivity (Wildman–Crippen MR) is 64.0 cm³/mol. The molecule has 16 heavy (non-hydrogen) atoms. The molecule has 6 nitrogen and oxygen atoms in total. The molecule has 0 fully saturated rings. The van der Waals surface area contributed by atoms with Crippen molar-refractivity contribution in [2.75, 3.05) is 19.5 Å². The fourth-order valence-electron chi connectivity index (χ4n) is 1.11. The fraction of sp³-hybridized carbons (Fsp3) is 0.889. The Morgan fingerprint density at radius 3 is 2.50 bits per heavy atom. The van der Waals surface area contributed by atoms with Crippen molar-refractivity contribution >= 4 is 15.9 Å². The molecule has 7 heteroatoms. The lowest BCUT2D eigenvalue weighted by molar-refractivity contribution is 0.199. The summed E-state index contributed by atoms with van der Waals surface area (Å²) in [5.41, 5.74) is 4.38. The highest BCUT2D eigenvalue weighted by Crippen LogP contribution is 2.10. The lowest BCUT2D eigenvalue weighted by atomic mass is 10.00. The topological polar surface area (TPSA) is 105 Å². The summed E-state index contributed by atoms with van der Waals surface area (Å²) in [6.07, 6.45) is 0.857. The van der Waals surface area contributed by atoms with E-state index in [0.717, 1.165) is 0 Å². The molecule has 0 heterocycles. The van der Waals surface area contributed by atoms with Crippen LogP contribution in [0.5, 0.6) is 0 Å². The smallest absolute Gasteiger partial charge is 0.212 e. The van der Waals surface area contributed by atoms with Crippen LogP contribution in [0.15, 0.2) is 0 Å². The SMILES string of the molecule is CCC(C)(NS(=O)(=O)CCCOC)C(=N)N. The zero-order chi connectivity index (χ0) is 12.8. The Labute approximate surface area is 97.1 Å². The molecule has 0 aliphatic heterocycles. The predicted octanol–water partition coefficient (Wildman–Crippen LogP) is 0.0470. The van der Waals surface area contributed by atoms with E-state index < -0.39 is 15.6 Å². The molecule has 1 atom stereocenters. The molecule has 4 N–H and O–H groups in total. The van der Waals surface area contributed by atoms with Gasteiger partial charge in [0.2, 0.25) is 10.0 Å². The van der Waals surface area contributed by atoms with Crippen LogP contribution in [0, 0.1) is 5.41 Å². The van der Waals surface area contributed by atoms with Crippen molar-refractivity contribution in [3.8, 4) is 0 Å². The number of amidine groups is 1. The van der Waals surface area contributed by atoms with Crippen LogP contribution in [0.1, 0.15) is 26.7 Å². The van der Waals surface area contributed by atoms with Gasteiger partial charge in [-0.25, -0.2) is 13.1 Å². The molecule has 0 radical (unpaired) electrons. The molecule has 0 rings (SSSR count). The van der Waals surface area contributed by atoms with E-state index in [9.17, 15) is 8.42 Å². The zero-order valence-corrected chi connectivity index (χ0v) is 10.9. The number of hydrogen-bond acceptors (Lipinski definition) is 4. The average Bonchev–Trinajstić information content (AvgIpc) is 2.16. The summed E-state index contributed by atoms with van der Waals surface area (Å²) in [5.74, 6) is -0.200. The highest BCUT2D eigenvalue weighted by molar-refractivity contribution is 7.89. The first-order chi connectivity index (χ1) is 7.27. The molecule has 0 aromatic heterocycles. The maximum atomic E-state index is 11.7. The largest absolute Gasteiger partial charge is 0.386 e. The summed E-state index contributed by atoms with van der Waals surface area (Å²) in [7, 11) is -1.90. The number of ether oxygens (including phenoxy) is 1. The third kappa shape index (κ3) is 4.91. The Morgan fingerprint density at radius 1 is 1.56 bits per heavy atom. The van der Waals surface area contributed by atoms with Gasteiger partial charge in [-0.3, -0.25) is 5.41 Å². The number of sulfonamides is 1. The summed E-state index contributed by atoms with van der Waals surface area (Å²) in [4.78, 5) is 0. The minimum Gasteiger partial charge on any atom is -0.386 e. The molecule has 0 saturated carbocycles. The number of nitrogens with one attached hydrogen (secondary N) is 2. The molecule has 0 amide bonds. The molecule has 0 spiro atoms. The highest BCUT2D eigenvalue weighted by Gasteiger charge is 2.30. The van der Waals surface area contributed by atoms with Crippen molar-refractivity contribution in [3.05, 3.63) is 0 Å². The van der Waals surface area contributed by atoms with E-state index in [1.165, 1.54) is 7.11 Å². The lowest BCUT2D eigenvalue weighted by Crippen LogP contribution is -2.55. The Hall–Kier alpha value is -0.660. The summed E-state index contributed by atoms with van der Waals surface area (Å²) in [6, 6.07) is 0. The number of methoxy groups -OCH3 is 1. The van der Waals surface area contributed by atoms with Crippen molar-refractivity contribution in [2.24, 2.45) is 5.73 Å². The molecule has 0 aromatic carbocycles. The van der Waals surface area contributed by atoms with Crippen LogP contribution in [-0.2, 0) is 14.8 Å².